The molecule has 5 heteroatoms. The van der Waals surface area contributed by atoms with Crippen LogP contribution in [-0.4, -0.2) is 34.3 Å². The third-order valence-corrected chi connectivity index (χ3v) is 2.83. The Morgan fingerprint density at radius 1 is 1.57 bits per heavy atom. The Balaban J connectivity index is 2.23. The Bertz CT molecular complexity index is 325. The first-order valence-corrected chi connectivity index (χ1v) is 5.67. The Hall–Kier alpha value is -0.430. The van der Waals surface area contributed by atoms with Crippen LogP contribution in [0.1, 0.15) is 12.2 Å². The molecule has 1 N–H and O–H groups in total. The minimum absolute atomic E-state index is 0.206. The van der Waals surface area contributed by atoms with Crippen molar-refractivity contribution in [2.75, 3.05) is 18.0 Å². The molecular formula is C9H12IN3O. The first-order valence-electron chi connectivity index (χ1n) is 4.59. The van der Waals surface area contributed by atoms with Crippen molar-refractivity contribution < 1.29 is 5.11 Å². The fourth-order valence-electron chi connectivity index (χ4n) is 1.63. The van der Waals surface area contributed by atoms with Crippen molar-refractivity contribution in [1.82, 2.24) is 9.97 Å². The Kier molecular flexibility index (Phi) is 2.87. The van der Waals surface area contributed by atoms with E-state index >= 15 is 0 Å². The van der Waals surface area contributed by atoms with Gasteiger partial charge in [-0.15, -0.1) is 0 Å². The number of halogens is 1. The molecule has 0 bridgehead atoms. The van der Waals surface area contributed by atoms with Gasteiger partial charge in [-0.1, -0.05) is 0 Å². The van der Waals surface area contributed by atoms with E-state index in [0.717, 1.165) is 28.3 Å². The summed E-state index contributed by atoms with van der Waals surface area (Å²) in [5.74, 6) is 1.71. The molecule has 0 aromatic carbocycles. The topological polar surface area (TPSA) is 49.2 Å². The van der Waals surface area contributed by atoms with Crippen LogP contribution in [0.4, 0.5) is 5.82 Å². The van der Waals surface area contributed by atoms with Gasteiger partial charge >= 0.3 is 0 Å². The highest BCUT2D eigenvalue weighted by Crippen LogP contribution is 2.19. The van der Waals surface area contributed by atoms with Crippen molar-refractivity contribution in [3.63, 3.8) is 0 Å². The van der Waals surface area contributed by atoms with E-state index in [0.29, 0.717) is 6.54 Å². The van der Waals surface area contributed by atoms with Gasteiger partial charge in [0.25, 0.3) is 0 Å². The minimum atomic E-state index is -0.206. The van der Waals surface area contributed by atoms with Crippen molar-refractivity contribution in [2.24, 2.45) is 0 Å². The second kappa shape index (κ2) is 3.98. The molecule has 1 fully saturated rings. The molecule has 2 rings (SSSR count). The molecule has 14 heavy (non-hydrogen) atoms. The van der Waals surface area contributed by atoms with E-state index in [-0.39, 0.29) is 6.10 Å². The number of hydrogen-bond donors (Lipinski definition) is 1. The molecule has 4 nitrogen and oxygen atoms in total. The van der Waals surface area contributed by atoms with Crippen molar-refractivity contribution in [1.29, 1.82) is 0 Å². The number of aliphatic hydroxyl groups is 1. The van der Waals surface area contributed by atoms with E-state index in [2.05, 4.69) is 37.5 Å². The van der Waals surface area contributed by atoms with Gasteiger partial charge in [0.2, 0.25) is 0 Å². The third kappa shape index (κ3) is 2.14. The number of nitrogens with zero attached hydrogens (tertiary/aromatic N) is 3. The van der Waals surface area contributed by atoms with E-state index in [1.54, 1.807) is 0 Å². The number of aromatic nitrogens is 2. The van der Waals surface area contributed by atoms with Crippen molar-refractivity contribution in [3.8, 4) is 0 Å². The second-order valence-electron chi connectivity index (χ2n) is 3.48. The van der Waals surface area contributed by atoms with Crippen LogP contribution in [0.5, 0.6) is 0 Å². The normalized spacial score (nSPS) is 21.6. The van der Waals surface area contributed by atoms with Crippen molar-refractivity contribution in [3.05, 3.63) is 15.6 Å². The minimum Gasteiger partial charge on any atom is -0.391 e. The van der Waals surface area contributed by atoms with Crippen LogP contribution in [0, 0.1) is 10.6 Å². The number of β-amino-alcohol motifs (C(OH)–C–C–N with tert-alkyl or cyclic N) is 1. The van der Waals surface area contributed by atoms with Crippen LogP contribution in [0.15, 0.2) is 6.07 Å². The van der Waals surface area contributed by atoms with Gasteiger partial charge < -0.3 is 10.0 Å². The maximum atomic E-state index is 9.41. The molecule has 1 atom stereocenters. The van der Waals surface area contributed by atoms with Gasteiger partial charge in [-0.25, -0.2) is 9.97 Å². The Morgan fingerprint density at radius 2 is 2.36 bits per heavy atom. The predicted octanol–water partition coefficient (Wildman–Crippen LogP) is 0.961. The SMILES string of the molecule is Cc1nc(I)cc(N2CCC(O)C2)n1. The molecule has 1 aliphatic rings. The molecule has 1 saturated heterocycles. The summed E-state index contributed by atoms with van der Waals surface area (Å²) in [4.78, 5) is 10.7. The highest BCUT2D eigenvalue weighted by Gasteiger charge is 2.21. The lowest BCUT2D eigenvalue weighted by Crippen LogP contribution is -2.22. The molecule has 1 aromatic heterocycles. The standard InChI is InChI=1S/C9H12IN3O/c1-6-11-8(10)4-9(12-6)13-3-2-7(14)5-13/h4,7,14H,2-3,5H2,1H3. The van der Waals surface area contributed by atoms with Gasteiger partial charge in [0.1, 0.15) is 15.3 Å². The maximum Gasteiger partial charge on any atom is 0.133 e. The first kappa shape index (κ1) is 10.1. The van der Waals surface area contributed by atoms with E-state index < -0.39 is 0 Å². The van der Waals surface area contributed by atoms with Gasteiger partial charge in [0.15, 0.2) is 0 Å². The summed E-state index contributed by atoms with van der Waals surface area (Å²) in [6, 6.07) is 1.95. The average molecular weight is 305 g/mol. The lowest BCUT2D eigenvalue weighted by molar-refractivity contribution is 0.198. The van der Waals surface area contributed by atoms with E-state index in [9.17, 15) is 5.11 Å². The summed E-state index contributed by atoms with van der Waals surface area (Å²) >= 11 is 2.18. The molecule has 2 heterocycles. The van der Waals surface area contributed by atoms with Crippen LogP contribution < -0.4 is 4.90 Å². The molecule has 1 aromatic rings. The van der Waals surface area contributed by atoms with Gasteiger partial charge in [-0.2, -0.15) is 0 Å². The number of hydrogen-bond acceptors (Lipinski definition) is 4. The Morgan fingerprint density at radius 3 is 2.93 bits per heavy atom. The number of rotatable bonds is 1. The monoisotopic (exact) mass is 305 g/mol. The van der Waals surface area contributed by atoms with Crippen LogP contribution in [0.3, 0.4) is 0 Å². The van der Waals surface area contributed by atoms with Gasteiger partial charge in [-0.05, 0) is 35.9 Å². The zero-order valence-electron chi connectivity index (χ0n) is 7.94. The zero-order valence-corrected chi connectivity index (χ0v) is 10.1. The summed E-state index contributed by atoms with van der Waals surface area (Å²) in [5, 5.41) is 9.41. The van der Waals surface area contributed by atoms with Crippen molar-refractivity contribution >= 4 is 28.4 Å². The molecule has 1 unspecified atom stereocenters. The smallest absolute Gasteiger partial charge is 0.133 e. The fraction of sp³-hybridized carbons (Fsp3) is 0.556. The summed E-state index contributed by atoms with van der Waals surface area (Å²) in [7, 11) is 0. The average Bonchev–Trinajstić information content (AvgIpc) is 2.50. The summed E-state index contributed by atoms with van der Waals surface area (Å²) in [5.41, 5.74) is 0. The summed E-state index contributed by atoms with van der Waals surface area (Å²) in [6.45, 7) is 3.46. The molecule has 0 spiro atoms. The quantitative estimate of drug-likeness (QED) is 0.620. The molecule has 0 aliphatic carbocycles. The molecule has 76 valence electrons. The maximum absolute atomic E-state index is 9.41. The highest BCUT2D eigenvalue weighted by molar-refractivity contribution is 14.1. The lowest BCUT2D eigenvalue weighted by Gasteiger charge is -2.16. The predicted molar refractivity (Wildman–Crippen MR) is 62.3 cm³/mol. The first-order chi connectivity index (χ1) is 6.65. The number of aliphatic hydroxyl groups excluding tert-OH is 1. The highest BCUT2D eigenvalue weighted by atomic mass is 127. The van der Waals surface area contributed by atoms with Gasteiger partial charge in [0, 0.05) is 19.2 Å². The third-order valence-electron chi connectivity index (χ3n) is 2.28. The molecule has 0 amide bonds. The summed E-state index contributed by atoms with van der Waals surface area (Å²) < 4.78 is 0.950. The van der Waals surface area contributed by atoms with E-state index in [1.165, 1.54) is 0 Å². The Labute approximate surface area is 96.5 Å². The lowest BCUT2D eigenvalue weighted by atomic mass is 10.3. The van der Waals surface area contributed by atoms with Gasteiger partial charge in [-0.3, -0.25) is 0 Å². The second-order valence-corrected chi connectivity index (χ2v) is 4.59. The molecule has 0 radical (unpaired) electrons. The van der Waals surface area contributed by atoms with E-state index in [1.807, 2.05) is 13.0 Å². The largest absolute Gasteiger partial charge is 0.391 e. The van der Waals surface area contributed by atoms with Gasteiger partial charge in [0.05, 0.1) is 6.10 Å². The molecule has 1 aliphatic heterocycles. The van der Waals surface area contributed by atoms with Crippen LogP contribution in [0.25, 0.3) is 0 Å². The van der Waals surface area contributed by atoms with Crippen LogP contribution >= 0.6 is 22.6 Å². The summed E-state index contributed by atoms with van der Waals surface area (Å²) in [6.07, 6.45) is 0.627. The number of anilines is 1. The molecule has 0 saturated carbocycles. The molecular weight excluding hydrogens is 293 g/mol. The zero-order chi connectivity index (χ0) is 10.1. The van der Waals surface area contributed by atoms with Crippen LogP contribution in [-0.2, 0) is 0 Å². The van der Waals surface area contributed by atoms with Crippen molar-refractivity contribution in [2.45, 2.75) is 19.4 Å². The fourth-order valence-corrected chi connectivity index (χ4v) is 2.26. The van der Waals surface area contributed by atoms with E-state index in [4.69, 9.17) is 0 Å². The van der Waals surface area contributed by atoms with Crippen LogP contribution in [0.2, 0.25) is 0 Å². The number of aryl methyl sites for hydroxylation is 1.